The largest absolute Gasteiger partial charge is 0.456 e. The SMILES string of the molecule is c1ccc(-c2ccc(-c3cc(-c4nc(-c5ccccc5)nc(-c5ccc6c(c5)oc5ccccc56)n4)c4c(c3)oc3ccccc34)cc2)cc1. The normalized spacial score (nSPS) is 11.6. The molecular weight excluding hydrogens is 615 g/mol. The van der Waals surface area contributed by atoms with E-state index in [-0.39, 0.29) is 0 Å². The van der Waals surface area contributed by atoms with Crippen LogP contribution in [0.25, 0.3) is 100 Å². The number of nitrogens with zero attached hydrogens (tertiary/aromatic N) is 3. The van der Waals surface area contributed by atoms with Crippen LogP contribution >= 0.6 is 0 Å². The summed E-state index contributed by atoms with van der Waals surface area (Å²) in [5.74, 6) is 1.72. The van der Waals surface area contributed by atoms with E-state index in [9.17, 15) is 0 Å². The third-order valence-electron chi connectivity index (χ3n) is 9.35. The standard InChI is InChI=1S/C45H27N3O2/c1-3-11-28(12-4-1)29-19-21-30(22-20-29)33-25-37(42-36-16-8-10-18-39(36)50-41(42)27-33)45-47-43(31-13-5-2-6-14-31)46-44(48-45)32-23-24-35-34-15-7-9-17-38(34)49-40(35)26-32/h1-27H. The Morgan fingerprint density at radius 3 is 1.52 bits per heavy atom. The summed E-state index contributed by atoms with van der Waals surface area (Å²) in [6.07, 6.45) is 0. The molecule has 10 rings (SSSR count). The molecule has 0 aliphatic rings. The van der Waals surface area contributed by atoms with Crippen molar-refractivity contribution in [3.8, 4) is 56.4 Å². The van der Waals surface area contributed by atoms with Gasteiger partial charge in [-0.2, -0.15) is 0 Å². The molecule has 0 amide bonds. The molecule has 3 heterocycles. The highest BCUT2D eigenvalue weighted by Gasteiger charge is 2.20. The van der Waals surface area contributed by atoms with Crippen LogP contribution < -0.4 is 0 Å². The van der Waals surface area contributed by atoms with E-state index in [2.05, 4.69) is 84.9 Å². The number of aromatic nitrogens is 3. The predicted octanol–water partition coefficient (Wildman–Crippen LogP) is 12.0. The molecule has 0 spiro atoms. The molecule has 5 nitrogen and oxygen atoms in total. The van der Waals surface area contributed by atoms with Gasteiger partial charge in [-0.3, -0.25) is 0 Å². The van der Waals surface area contributed by atoms with Crippen LogP contribution in [-0.2, 0) is 0 Å². The average molecular weight is 642 g/mol. The first-order valence-electron chi connectivity index (χ1n) is 16.6. The summed E-state index contributed by atoms with van der Waals surface area (Å²) >= 11 is 0. The Labute approximate surface area is 287 Å². The van der Waals surface area contributed by atoms with Crippen molar-refractivity contribution in [2.24, 2.45) is 0 Å². The zero-order valence-electron chi connectivity index (χ0n) is 26.7. The minimum Gasteiger partial charge on any atom is -0.456 e. The number of hydrogen-bond acceptors (Lipinski definition) is 5. The molecule has 0 radical (unpaired) electrons. The second-order valence-corrected chi connectivity index (χ2v) is 12.4. The van der Waals surface area contributed by atoms with Gasteiger partial charge in [-0.05, 0) is 58.7 Å². The van der Waals surface area contributed by atoms with Gasteiger partial charge in [-0.1, -0.05) is 127 Å². The lowest BCUT2D eigenvalue weighted by Gasteiger charge is -2.11. The van der Waals surface area contributed by atoms with Crippen LogP contribution in [0.3, 0.4) is 0 Å². The van der Waals surface area contributed by atoms with E-state index >= 15 is 0 Å². The summed E-state index contributed by atoms with van der Waals surface area (Å²) in [6.45, 7) is 0. The van der Waals surface area contributed by atoms with Gasteiger partial charge in [0.25, 0.3) is 0 Å². The third kappa shape index (κ3) is 4.75. The molecule has 7 aromatic carbocycles. The van der Waals surface area contributed by atoms with Gasteiger partial charge in [0.1, 0.15) is 22.3 Å². The maximum Gasteiger partial charge on any atom is 0.164 e. The van der Waals surface area contributed by atoms with Crippen molar-refractivity contribution in [2.75, 3.05) is 0 Å². The molecule has 3 aromatic heterocycles. The van der Waals surface area contributed by atoms with E-state index in [1.165, 1.54) is 5.56 Å². The summed E-state index contributed by atoms with van der Waals surface area (Å²) < 4.78 is 12.8. The van der Waals surface area contributed by atoms with Crippen molar-refractivity contribution in [3.63, 3.8) is 0 Å². The van der Waals surface area contributed by atoms with Gasteiger partial charge in [0.2, 0.25) is 0 Å². The number of rotatable bonds is 5. The van der Waals surface area contributed by atoms with Crippen LogP contribution in [0.15, 0.2) is 173 Å². The fourth-order valence-electron chi connectivity index (χ4n) is 6.89. The van der Waals surface area contributed by atoms with Crippen LogP contribution in [0.2, 0.25) is 0 Å². The Morgan fingerprint density at radius 2 is 0.780 bits per heavy atom. The molecule has 0 aliphatic heterocycles. The van der Waals surface area contributed by atoms with Gasteiger partial charge in [0, 0.05) is 38.2 Å². The maximum absolute atomic E-state index is 6.49. The monoisotopic (exact) mass is 641 g/mol. The average Bonchev–Trinajstić information content (AvgIpc) is 3.76. The Kier molecular flexibility index (Phi) is 6.42. The van der Waals surface area contributed by atoms with Gasteiger partial charge in [0.15, 0.2) is 17.5 Å². The zero-order valence-corrected chi connectivity index (χ0v) is 26.7. The van der Waals surface area contributed by atoms with Crippen LogP contribution in [0, 0.1) is 0 Å². The molecular formula is C45H27N3O2. The summed E-state index contributed by atoms with van der Waals surface area (Å²) in [7, 11) is 0. The maximum atomic E-state index is 6.49. The van der Waals surface area contributed by atoms with Crippen LogP contribution in [0.1, 0.15) is 0 Å². The minimum absolute atomic E-state index is 0.565. The fraction of sp³-hybridized carbons (Fsp3) is 0. The van der Waals surface area contributed by atoms with Gasteiger partial charge in [-0.15, -0.1) is 0 Å². The topological polar surface area (TPSA) is 65.0 Å². The van der Waals surface area contributed by atoms with Crippen LogP contribution in [0.5, 0.6) is 0 Å². The summed E-state index contributed by atoms with van der Waals surface area (Å²) in [5, 5.41) is 4.11. The second kappa shape index (κ2) is 11.4. The molecule has 0 atom stereocenters. The molecule has 0 saturated heterocycles. The van der Waals surface area contributed by atoms with E-state index < -0.39 is 0 Å². The Morgan fingerprint density at radius 1 is 0.300 bits per heavy atom. The number of fused-ring (bicyclic) bond motifs is 6. The number of para-hydroxylation sites is 2. The van der Waals surface area contributed by atoms with E-state index in [1.54, 1.807) is 0 Å². The Hall–Kier alpha value is -6.85. The molecule has 234 valence electrons. The van der Waals surface area contributed by atoms with Gasteiger partial charge < -0.3 is 8.83 Å². The predicted molar refractivity (Wildman–Crippen MR) is 202 cm³/mol. The molecule has 5 heteroatoms. The highest BCUT2D eigenvalue weighted by molar-refractivity contribution is 6.13. The van der Waals surface area contributed by atoms with Crippen LogP contribution in [-0.4, -0.2) is 15.0 Å². The van der Waals surface area contributed by atoms with Crippen molar-refractivity contribution in [2.45, 2.75) is 0 Å². The van der Waals surface area contributed by atoms with E-state index in [1.807, 2.05) is 78.9 Å². The second-order valence-electron chi connectivity index (χ2n) is 12.4. The first-order chi connectivity index (χ1) is 24.7. The fourth-order valence-corrected chi connectivity index (χ4v) is 6.89. The highest BCUT2D eigenvalue weighted by Crippen LogP contribution is 2.40. The Balaban J connectivity index is 1.20. The quantitative estimate of drug-likeness (QED) is 0.187. The third-order valence-corrected chi connectivity index (χ3v) is 9.35. The molecule has 50 heavy (non-hydrogen) atoms. The van der Waals surface area contributed by atoms with E-state index in [0.29, 0.717) is 17.5 Å². The van der Waals surface area contributed by atoms with Gasteiger partial charge in [0.05, 0.1) is 0 Å². The smallest absolute Gasteiger partial charge is 0.164 e. The number of benzene rings is 7. The Bertz CT molecular complexity index is 2850. The molecule has 0 saturated carbocycles. The van der Waals surface area contributed by atoms with Crippen molar-refractivity contribution >= 4 is 43.9 Å². The van der Waals surface area contributed by atoms with Crippen molar-refractivity contribution in [1.29, 1.82) is 0 Å². The van der Waals surface area contributed by atoms with Gasteiger partial charge in [-0.25, -0.2) is 15.0 Å². The lowest BCUT2D eigenvalue weighted by Crippen LogP contribution is -2.00. The van der Waals surface area contributed by atoms with Crippen molar-refractivity contribution in [3.05, 3.63) is 164 Å². The first-order valence-corrected chi connectivity index (χ1v) is 16.6. The lowest BCUT2D eigenvalue weighted by molar-refractivity contribution is 0.668. The van der Waals surface area contributed by atoms with E-state index in [4.69, 9.17) is 23.8 Å². The summed E-state index contributed by atoms with van der Waals surface area (Å²) in [4.78, 5) is 15.3. The molecule has 0 bridgehead atoms. The van der Waals surface area contributed by atoms with E-state index in [0.717, 1.165) is 77.3 Å². The summed E-state index contributed by atoms with van der Waals surface area (Å²) in [5.41, 5.74) is 10.3. The molecule has 0 N–H and O–H groups in total. The molecule has 0 fully saturated rings. The minimum atomic E-state index is 0.565. The number of hydrogen-bond donors (Lipinski definition) is 0. The van der Waals surface area contributed by atoms with Crippen molar-refractivity contribution in [1.82, 2.24) is 15.0 Å². The van der Waals surface area contributed by atoms with Crippen LogP contribution in [0.4, 0.5) is 0 Å². The molecule has 10 aromatic rings. The summed E-state index contributed by atoms with van der Waals surface area (Å²) in [6, 6.07) is 55.8. The van der Waals surface area contributed by atoms with Crippen molar-refractivity contribution < 1.29 is 8.83 Å². The first kappa shape index (κ1) is 28.2. The molecule has 0 unspecified atom stereocenters. The lowest BCUT2D eigenvalue weighted by atomic mass is 9.96. The highest BCUT2D eigenvalue weighted by atomic mass is 16.3. The number of furan rings is 2. The van der Waals surface area contributed by atoms with Gasteiger partial charge >= 0.3 is 0 Å². The molecule has 0 aliphatic carbocycles. The zero-order chi connectivity index (χ0) is 33.0.